The van der Waals surface area contributed by atoms with Gasteiger partial charge in [-0.3, -0.25) is 0 Å². The Hall–Kier alpha value is -0.779. The summed E-state index contributed by atoms with van der Waals surface area (Å²) in [6.07, 6.45) is 1.65. The van der Waals surface area contributed by atoms with E-state index >= 15 is 0 Å². The molecule has 0 aromatic carbocycles. The summed E-state index contributed by atoms with van der Waals surface area (Å²) in [6.45, 7) is 11.6. The first-order chi connectivity index (χ1) is 10.3. The van der Waals surface area contributed by atoms with Gasteiger partial charge in [0.1, 0.15) is 0 Å². The summed E-state index contributed by atoms with van der Waals surface area (Å²) in [5.41, 5.74) is 6.46. The number of rotatable bonds is 11. The second-order valence-electron chi connectivity index (χ2n) is 5.37. The Labute approximate surface area is 139 Å². The largest absolute Gasteiger partial charge is 0.477 e. The fourth-order valence-corrected chi connectivity index (χ4v) is 7.64. The molecule has 0 saturated heterocycles. The predicted octanol–water partition coefficient (Wildman–Crippen LogP) is 1.09. The number of esters is 1. The van der Waals surface area contributed by atoms with Gasteiger partial charge >= 0.3 is 14.8 Å². The Morgan fingerprint density at radius 3 is 2.05 bits per heavy atom. The molecule has 0 unspecified atom stereocenters. The van der Waals surface area contributed by atoms with E-state index in [1.807, 2.05) is 39.1 Å². The predicted molar refractivity (Wildman–Crippen MR) is 96.7 cm³/mol. The topological polar surface area (TPSA) is 65.0 Å². The highest BCUT2D eigenvalue weighted by atomic mass is 28.4. The van der Waals surface area contributed by atoms with Crippen molar-refractivity contribution in [2.75, 3.05) is 6.61 Å². The zero-order valence-corrected chi connectivity index (χ0v) is 17.9. The summed E-state index contributed by atoms with van der Waals surface area (Å²) >= 11 is 0. The van der Waals surface area contributed by atoms with Gasteiger partial charge in [0, 0.05) is 12.1 Å². The molecule has 0 aromatic rings. The van der Waals surface area contributed by atoms with Crippen LogP contribution in [0, 0.1) is 0 Å². The maximum Gasteiger partial charge on any atom is 0.477 e. The fraction of sp³-hybridized carbons (Fsp3) is 0.500. The number of hydrogen-bond acceptors (Lipinski definition) is 5. The van der Waals surface area contributed by atoms with Gasteiger partial charge in [0.05, 0.1) is 6.61 Å². The van der Waals surface area contributed by atoms with Crippen LogP contribution in [0.1, 0.15) is 34.1 Å². The van der Waals surface area contributed by atoms with Crippen LogP contribution in [0.3, 0.4) is 0 Å². The van der Waals surface area contributed by atoms with Crippen LogP contribution in [-0.4, -0.2) is 45.7 Å². The van der Waals surface area contributed by atoms with Gasteiger partial charge in [0.2, 0.25) is 0 Å². The summed E-state index contributed by atoms with van der Waals surface area (Å²) in [4.78, 5) is 21.6. The molecule has 126 valence electrons. The summed E-state index contributed by atoms with van der Waals surface area (Å²) in [7, 11) is -5.03. The van der Waals surface area contributed by atoms with Crippen LogP contribution in [0.4, 0.5) is 0 Å². The van der Waals surface area contributed by atoms with Gasteiger partial charge in [0.25, 0.3) is 0 Å². The minimum absolute atomic E-state index is 0.237. The van der Waals surface area contributed by atoms with Crippen molar-refractivity contribution in [2.45, 2.75) is 40.2 Å². The lowest BCUT2D eigenvalue weighted by atomic mass is 10.4. The third-order valence-corrected chi connectivity index (χ3v) is 10.5. The third kappa shape index (κ3) is 11.8. The molecule has 0 radical (unpaired) electrons. The highest BCUT2D eigenvalue weighted by Gasteiger charge is 2.34. The lowest BCUT2D eigenvalue weighted by molar-refractivity contribution is -0.137. The van der Waals surface area contributed by atoms with Crippen molar-refractivity contribution in [3.8, 4) is 0 Å². The van der Waals surface area contributed by atoms with E-state index in [0.29, 0.717) is 12.5 Å². The number of ether oxygens (including phenoxy) is 1. The Morgan fingerprint density at radius 2 is 1.64 bits per heavy atom. The molecule has 0 aliphatic rings. The van der Waals surface area contributed by atoms with E-state index in [1.165, 1.54) is 11.1 Å². The third-order valence-electron chi connectivity index (χ3n) is 2.65. The van der Waals surface area contributed by atoms with Crippen LogP contribution < -0.4 is 0 Å². The Morgan fingerprint density at radius 1 is 1.14 bits per heavy atom. The molecular formula is C14H28O5Si3. The van der Waals surface area contributed by atoms with Gasteiger partial charge in [-0.15, -0.1) is 0 Å². The van der Waals surface area contributed by atoms with Crippen molar-refractivity contribution < 1.29 is 22.6 Å². The van der Waals surface area contributed by atoms with E-state index in [1.54, 1.807) is 0 Å². The minimum Gasteiger partial charge on any atom is -0.463 e. The van der Waals surface area contributed by atoms with Gasteiger partial charge in [0.15, 0.2) is 19.5 Å². The number of carbonyl (C=O) groups is 1. The summed E-state index contributed by atoms with van der Waals surface area (Å²) in [5.74, 6) is -0.454. The average Bonchev–Trinajstić information content (AvgIpc) is 2.42. The Bertz CT molecular complexity index is 391. The Kier molecular flexibility index (Phi) is 11.3. The van der Waals surface area contributed by atoms with Gasteiger partial charge in [-0.1, -0.05) is 29.1 Å². The first-order valence-electron chi connectivity index (χ1n) is 7.35. The molecule has 5 nitrogen and oxygen atoms in total. The maximum absolute atomic E-state index is 11.0. The van der Waals surface area contributed by atoms with E-state index < -0.39 is 34.3 Å². The molecule has 22 heavy (non-hydrogen) atoms. The second kappa shape index (κ2) is 11.7. The normalized spacial score (nSPS) is 14.0. The molecule has 0 rings (SSSR count). The van der Waals surface area contributed by atoms with Crippen molar-refractivity contribution in [1.29, 1.82) is 0 Å². The van der Waals surface area contributed by atoms with Crippen LogP contribution in [0.5, 0.6) is 0 Å². The van der Waals surface area contributed by atoms with Crippen molar-refractivity contribution in [3.63, 3.8) is 0 Å². The zero-order valence-electron chi connectivity index (χ0n) is 14.1. The molecule has 0 heterocycles. The van der Waals surface area contributed by atoms with Crippen molar-refractivity contribution in [2.24, 2.45) is 0 Å². The number of allylic oxidation sites excluding steroid dienone is 2. The quantitative estimate of drug-likeness (QED) is 0.259. The molecule has 0 atom stereocenters. The lowest BCUT2D eigenvalue weighted by Gasteiger charge is -2.24. The molecule has 0 aliphatic heterocycles. The fourth-order valence-electron chi connectivity index (χ4n) is 1.39. The molecule has 0 bridgehead atoms. The van der Waals surface area contributed by atoms with E-state index in [4.69, 9.17) is 13.0 Å². The van der Waals surface area contributed by atoms with E-state index in [-0.39, 0.29) is 6.61 Å². The maximum atomic E-state index is 11.0. The summed E-state index contributed by atoms with van der Waals surface area (Å²) in [6, 6.07) is 0.407. The van der Waals surface area contributed by atoms with Crippen molar-refractivity contribution in [3.05, 3.63) is 35.2 Å². The van der Waals surface area contributed by atoms with Gasteiger partial charge in [-0.05, 0) is 34.1 Å². The molecule has 8 heteroatoms. The molecule has 0 amide bonds. The van der Waals surface area contributed by atoms with Crippen LogP contribution in [0.25, 0.3) is 0 Å². The molecular weight excluding hydrogens is 332 g/mol. The van der Waals surface area contributed by atoms with Gasteiger partial charge in [-0.25, -0.2) is 4.79 Å². The standard InChI is InChI=1S/C14H28O5Si3/c1-6-14(15)17-8-7-9-22(16,18-20-10-12(2)3)19-21-11-13(4)5/h6,10-11,16H,1,7-9,20-21H2,2-5H3. The number of hydrogen-bond donors (Lipinski definition) is 1. The first-order valence-corrected chi connectivity index (χ1v) is 12.1. The average molecular weight is 361 g/mol. The molecule has 0 aromatic heterocycles. The first kappa shape index (κ1) is 21.2. The lowest BCUT2D eigenvalue weighted by Crippen LogP contribution is -2.44. The molecule has 0 aliphatic carbocycles. The highest BCUT2D eigenvalue weighted by molar-refractivity contribution is 6.70. The monoisotopic (exact) mass is 360 g/mol. The number of carbonyl (C=O) groups excluding carboxylic acids is 1. The van der Waals surface area contributed by atoms with Crippen LogP contribution >= 0.6 is 0 Å². The van der Waals surface area contributed by atoms with Crippen molar-refractivity contribution in [1.82, 2.24) is 0 Å². The van der Waals surface area contributed by atoms with E-state index in [2.05, 4.69) is 6.58 Å². The molecule has 0 fully saturated rings. The summed E-state index contributed by atoms with van der Waals surface area (Å²) < 4.78 is 16.4. The summed E-state index contributed by atoms with van der Waals surface area (Å²) in [5, 5.41) is 0. The van der Waals surface area contributed by atoms with E-state index in [0.717, 1.165) is 6.08 Å². The Balaban J connectivity index is 4.42. The van der Waals surface area contributed by atoms with Crippen LogP contribution in [0.2, 0.25) is 6.04 Å². The van der Waals surface area contributed by atoms with Crippen LogP contribution in [-0.2, 0) is 17.8 Å². The van der Waals surface area contributed by atoms with Gasteiger partial charge < -0.3 is 17.8 Å². The minimum atomic E-state index is -3.15. The highest BCUT2D eigenvalue weighted by Crippen LogP contribution is 2.13. The molecule has 0 saturated carbocycles. The van der Waals surface area contributed by atoms with Crippen LogP contribution in [0.15, 0.2) is 35.2 Å². The molecule has 1 N–H and O–H groups in total. The van der Waals surface area contributed by atoms with E-state index in [9.17, 15) is 9.59 Å². The van der Waals surface area contributed by atoms with Crippen molar-refractivity contribution >= 4 is 34.3 Å². The SMILES string of the molecule is C=CC(=O)OCCC[Si](O)(O[SiH2]C=C(C)C)O[SiH2]C=C(C)C. The molecule has 0 spiro atoms. The van der Waals surface area contributed by atoms with Gasteiger partial charge in [-0.2, -0.15) is 0 Å². The second-order valence-corrected chi connectivity index (χ2v) is 11.1. The smallest absolute Gasteiger partial charge is 0.463 e. The zero-order chi connectivity index (χ0) is 17.0.